The van der Waals surface area contributed by atoms with Crippen LogP contribution >= 0.6 is 11.8 Å². The van der Waals surface area contributed by atoms with Gasteiger partial charge in [-0.05, 0) is 32.9 Å². The number of carbonyl (C=O) groups excluding carboxylic acids is 1. The van der Waals surface area contributed by atoms with Crippen LogP contribution in [0, 0.1) is 0 Å². The summed E-state index contributed by atoms with van der Waals surface area (Å²) in [5, 5.41) is 3.35. The first-order valence-electron chi connectivity index (χ1n) is 8.47. The molecule has 0 unspecified atom stereocenters. The molecule has 2 aromatic rings. The summed E-state index contributed by atoms with van der Waals surface area (Å²) in [5.41, 5.74) is 0.307. The summed E-state index contributed by atoms with van der Waals surface area (Å²) < 4.78 is 12.9. The molecule has 0 bridgehead atoms. The summed E-state index contributed by atoms with van der Waals surface area (Å²) in [4.78, 5) is 27.6. The molecule has 26 heavy (non-hydrogen) atoms. The number of anilines is 1. The lowest BCUT2D eigenvalue weighted by Gasteiger charge is -2.13. The fourth-order valence-corrected chi connectivity index (χ4v) is 3.07. The van der Waals surface area contributed by atoms with E-state index in [4.69, 9.17) is 9.47 Å². The summed E-state index contributed by atoms with van der Waals surface area (Å²) in [6, 6.07) is 6.67. The van der Waals surface area contributed by atoms with Crippen molar-refractivity contribution in [3.63, 3.8) is 0 Å². The van der Waals surface area contributed by atoms with Crippen molar-refractivity contribution >= 4 is 23.4 Å². The number of ether oxygens (including phenoxy) is 2. The molecule has 7 nitrogen and oxygen atoms in total. The first-order valence-corrected chi connectivity index (χ1v) is 9.45. The van der Waals surface area contributed by atoms with Crippen LogP contribution in [-0.4, -0.2) is 34.4 Å². The third kappa shape index (κ3) is 5.52. The van der Waals surface area contributed by atoms with E-state index < -0.39 is 0 Å². The summed E-state index contributed by atoms with van der Waals surface area (Å²) in [7, 11) is 0. The quantitative estimate of drug-likeness (QED) is 0.534. The molecule has 0 saturated heterocycles. The molecule has 1 aromatic heterocycles. The minimum Gasteiger partial charge on any atom is -0.490 e. The highest BCUT2D eigenvalue weighted by Crippen LogP contribution is 2.30. The van der Waals surface area contributed by atoms with E-state index in [-0.39, 0.29) is 17.2 Å². The van der Waals surface area contributed by atoms with E-state index in [1.54, 1.807) is 24.4 Å². The average Bonchev–Trinajstić information content (AvgIpc) is 2.62. The van der Waals surface area contributed by atoms with Crippen molar-refractivity contribution in [3.05, 3.63) is 40.8 Å². The fourth-order valence-electron chi connectivity index (χ4n) is 2.23. The highest BCUT2D eigenvalue weighted by atomic mass is 32.2. The van der Waals surface area contributed by atoms with E-state index in [1.807, 2.05) is 25.3 Å². The first kappa shape index (κ1) is 19.8. The molecule has 0 radical (unpaired) electrons. The second-order valence-electron chi connectivity index (χ2n) is 5.20. The number of rotatable bonds is 9. The summed E-state index contributed by atoms with van der Waals surface area (Å²) >= 11 is 1.22. The summed E-state index contributed by atoms with van der Waals surface area (Å²) in [5.74, 6) is 1.18. The Kier molecular flexibility index (Phi) is 7.53. The lowest BCUT2D eigenvalue weighted by molar-refractivity contribution is -0.113. The number of hydrogen-bond acceptors (Lipinski definition) is 6. The van der Waals surface area contributed by atoms with E-state index in [0.717, 1.165) is 0 Å². The number of thioether (sulfide) groups is 1. The van der Waals surface area contributed by atoms with Gasteiger partial charge in [0, 0.05) is 30.6 Å². The molecule has 0 saturated carbocycles. The van der Waals surface area contributed by atoms with Crippen molar-refractivity contribution in [2.75, 3.05) is 24.3 Å². The fraction of sp³-hybridized carbons (Fsp3) is 0.389. The van der Waals surface area contributed by atoms with Gasteiger partial charge >= 0.3 is 0 Å². The molecule has 0 aliphatic heterocycles. The number of hydrogen-bond donors (Lipinski definition) is 1. The van der Waals surface area contributed by atoms with Crippen LogP contribution < -0.4 is 20.3 Å². The van der Waals surface area contributed by atoms with Gasteiger partial charge in [0.25, 0.3) is 5.56 Å². The van der Waals surface area contributed by atoms with Gasteiger partial charge in [-0.1, -0.05) is 11.8 Å². The van der Waals surface area contributed by atoms with Crippen LogP contribution in [0.5, 0.6) is 11.5 Å². The molecule has 1 amide bonds. The topological polar surface area (TPSA) is 82.5 Å². The van der Waals surface area contributed by atoms with Gasteiger partial charge in [-0.2, -0.15) is 4.98 Å². The number of aryl methyl sites for hydroxylation is 1. The molecule has 140 valence electrons. The van der Waals surface area contributed by atoms with Gasteiger partial charge in [-0.3, -0.25) is 9.59 Å². The predicted molar refractivity (Wildman–Crippen MR) is 102 cm³/mol. The molecule has 0 aliphatic carbocycles. The second-order valence-corrected chi connectivity index (χ2v) is 6.14. The van der Waals surface area contributed by atoms with Gasteiger partial charge in [-0.25, -0.2) is 0 Å². The average molecular weight is 377 g/mol. The molecular formula is C18H23N3O4S. The third-order valence-electron chi connectivity index (χ3n) is 3.35. The minimum atomic E-state index is -0.314. The van der Waals surface area contributed by atoms with Gasteiger partial charge in [-0.15, -0.1) is 0 Å². The van der Waals surface area contributed by atoms with E-state index >= 15 is 0 Å². The second kappa shape index (κ2) is 9.86. The number of nitrogens with zero attached hydrogens (tertiary/aromatic N) is 2. The van der Waals surface area contributed by atoms with Crippen LogP contribution in [0.4, 0.5) is 5.69 Å². The molecule has 0 spiro atoms. The SMILES string of the molecule is CCOc1ccc(NC(=O)CSc2nc(=O)ccn2CC)cc1OCC. The minimum absolute atomic E-state index is 0.146. The Hall–Kier alpha value is -2.48. The molecule has 1 heterocycles. The lowest BCUT2D eigenvalue weighted by Crippen LogP contribution is -2.17. The van der Waals surface area contributed by atoms with E-state index in [2.05, 4.69) is 10.3 Å². The van der Waals surface area contributed by atoms with Gasteiger partial charge in [0.15, 0.2) is 16.7 Å². The van der Waals surface area contributed by atoms with Gasteiger partial charge in [0.1, 0.15) is 0 Å². The van der Waals surface area contributed by atoms with Crippen LogP contribution in [0.3, 0.4) is 0 Å². The van der Waals surface area contributed by atoms with Crippen LogP contribution in [0.25, 0.3) is 0 Å². The monoisotopic (exact) mass is 377 g/mol. The van der Waals surface area contributed by atoms with Gasteiger partial charge in [0.05, 0.1) is 19.0 Å². The maximum absolute atomic E-state index is 12.2. The Balaban J connectivity index is 2.02. The van der Waals surface area contributed by atoms with Gasteiger partial charge < -0.3 is 19.4 Å². The number of nitrogens with one attached hydrogen (secondary N) is 1. The zero-order chi connectivity index (χ0) is 18.9. The van der Waals surface area contributed by atoms with Crippen molar-refractivity contribution in [1.82, 2.24) is 9.55 Å². The molecule has 1 N–H and O–H groups in total. The van der Waals surface area contributed by atoms with Crippen molar-refractivity contribution in [3.8, 4) is 11.5 Å². The largest absolute Gasteiger partial charge is 0.490 e. The lowest BCUT2D eigenvalue weighted by atomic mass is 10.2. The molecule has 8 heteroatoms. The van der Waals surface area contributed by atoms with E-state index in [1.165, 1.54) is 17.8 Å². The Bertz CT molecular complexity index is 807. The van der Waals surface area contributed by atoms with Crippen molar-refractivity contribution in [2.24, 2.45) is 0 Å². The highest BCUT2D eigenvalue weighted by Gasteiger charge is 2.10. The Morgan fingerprint density at radius 1 is 1.15 bits per heavy atom. The van der Waals surface area contributed by atoms with Crippen LogP contribution in [0.1, 0.15) is 20.8 Å². The summed E-state index contributed by atoms with van der Waals surface area (Å²) in [6.45, 7) is 7.44. The highest BCUT2D eigenvalue weighted by molar-refractivity contribution is 7.99. The Morgan fingerprint density at radius 2 is 1.88 bits per heavy atom. The molecule has 2 rings (SSSR count). The van der Waals surface area contributed by atoms with Crippen LogP contribution in [0.15, 0.2) is 40.4 Å². The molecule has 0 fully saturated rings. The van der Waals surface area contributed by atoms with Crippen LogP contribution in [-0.2, 0) is 11.3 Å². The summed E-state index contributed by atoms with van der Waals surface area (Å²) in [6.07, 6.45) is 1.68. The Labute approximate surface area is 156 Å². The number of aromatic nitrogens is 2. The van der Waals surface area contributed by atoms with E-state index in [0.29, 0.717) is 42.1 Å². The normalized spacial score (nSPS) is 10.4. The van der Waals surface area contributed by atoms with Crippen molar-refractivity contribution < 1.29 is 14.3 Å². The molecule has 0 atom stereocenters. The first-order chi connectivity index (χ1) is 12.6. The molecule has 1 aromatic carbocycles. The third-order valence-corrected chi connectivity index (χ3v) is 4.34. The number of carbonyl (C=O) groups is 1. The number of benzene rings is 1. The van der Waals surface area contributed by atoms with Crippen LogP contribution in [0.2, 0.25) is 0 Å². The maximum atomic E-state index is 12.2. The molecule has 0 aliphatic rings. The zero-order valence-electron chi connectivity index (χ0n) is 15.2. The van der Waals surface area contributed by atoms with Gasteiger partial charge in [0.2, 0.25) is 5.91 Å². The maximum Gasteiger partial charge on any atom is 0.273 e. The predicted octanol–water partition coefficient (Wildman–Crippen LogP) is 2.79. The smallest absolute Gasteiger partial charge is 0.273 e. The van der Waals surface area contributed by atoms with Crippen molar-refractivity contribution in [2.45, 2.75) is 32.5 Å². The van der Waals surface area contributed by atoms with E-state index in [9.17, 15) is 9.59 Å². The number of amides is 1. The Morgan fingerprint density at radius 3 is 2.58 bits per heavy atom. The standard InChI is InChI=1S/C18H23N3O4S/c1-4-21-10-9-16(22)20-18(21)26-12-17(23)19-13-7-8-14(24-5-2)15(11-13)25-6-3/h7-11H,4-6,12H2,1-3H3,(H,19,23). The molecular weight excluding hydrogens is 354 g/mol. The zero-order valence-corrected chi connectivity index (χ0v) is 16.0. The van der Waals surface area contributed by atoms with Crippen molar-refractivity contribution in [1.29, 1.82) is 0 Å².